The third-order valence-electron chi connectivity index (χ3n) is 7.56. The highest BCUT2D eigenvalue weighted by Gasteiger charge is 2.29. The zero-order chi connectivity index (χ0) is 24.5. The minimum absolute atomic E-state index is 0.0410. The van der Waals surface area contributed by atoms with E-state index in [1.165, 1.54) is 65.1 Å². The summed E-state index contributed by atoms with van der Waals surface area (Å²) in [4.78, 5) is 12.7. The van der Waals surface area contributed by atoms with Crippen LogP contribution in [-0.2, 0) is 25.9 Å². The molecule has 4 aromatic rings. The van der Waals surface area contributed by atoms with E-state index in [9.17, 15) is 4.79 Å². The fourth-order valence-electron chi connectivity index (χ4n) is 5.85. The SMILES string of the molecule is Cc1c(C(=O)C(C)C)c(-c2ccccc2)c2n1CCC2.Cc1cc(-c2ccccc2)c2n1CCC2. The van der Waals surface area contributed by atoms with Crippen LogP contribution in [0.2, 0.25) is 0 Å². The second-order valence-corrected chi connectivity index (χ2v) is 10.2. The van der Waals surface area contributed by atoms with Crippen molar-refractivity contribution in [2.75, 3.05) is 0 Å². The maximum Gasteiger partial charge on any atom is 0.167 e. The molecule has 0 bridgehead atoms. The van der Waals surface area contributed by atoms with E-state index in [2.05, 4.69) is 71.5 Å². The van der Waals surface area contributed by atoms with E-state index in [1.807, 2.05) is 32.0 Å². The minimum atomic E-state index is 0.0410. The monoisotopic (exact) mass is 464 g/mol. The molecular formula is C32H36N2O. The first kappa shape index (κ1) is 23.4. The van der Waals surface area contributed by atoms with Gasteiger partial charge in [0.25, 0.3) is 0 Å². The van der Waals surface area contributed by atoms with Gasteiger partial charge in [-0.15, -0.1) is 0 Å². The number of carbonyl (C=O) groups is 1. The zero-order valence-electron chi connectivity index (χ0n) is 21.5. The van der Waals surface area contributed by atoms with Crippen molar-refractivity contribution < 1.29 is 4.79 Å². The lowest BCUT2D eigenvalue weighted by atomic mass is 9.92. The lowest BCUT2D eigenvalue weighted by Crippen LogP contribution is -2.10. The van der Waals surface area contributed by atoms with Crippen molar-refractivity contribution in [1.29, 1.82) is 0 Å². The Morgan fingerprint density at radius 3 is 1.97 bits per heavy atom. The number of hydrogen-bond acceptors (Lipinski definition) is 1. The molecule has 0 aliphatic carbocycles. The van der Waals surface area contributed by atoms with E-state index < -0.39 is 0 Å². The molecule has 3 nitrogen and oxygen atoms in total. The summed E-state index contributed by atoms with van der Waals surface area (Å²) in [5.41, 5.74) is 11.5. The first-order valence-corrected chi connectivity index (χ1v) is 13.0. The van der Waals surface area contributed by atoms with Gasteiger partial charge >= 0.3 is 0 Å². The maximum absolute atomic E-state index is 12.7. The molecule has 180 valence electrons. The highest BCUT2D eigenvalue weighted by Crippen LogP contribution is 2.37. The van der Waals surface area contributed by atoms with Crippen molar-refractivity contribution in [3.8, 4) is 22.3 Å². The number of aromatic nitrogens is 2. The average Bonchev–Trinajstić information content (AvgIpc) is 3.65. The minimum Gasteiger partial charge on any atom is -0.348 e. The van der Waals surface area contributed by atoms with Crippen LogP contribution in [0.1, 0.15) is 59.8 Å². The fraction of sp³-hybridized carbons (Fsp3) is 0.344. The van der Waals surface area contributed by atoms with Gasteiger partial charge in [0.1, 0.15) is 0 Å². The largest absolute Gasteiger partial charge is 0.348 e. The van der Waals surface area contributed by atoms with Gasteiger partial charge < -0.3 is 9.13 Å². The van der Waals surface area contributed by atoms with Gasteiger partial charge in [-0.05, 0) is 56.7 Å². The van der Waals surface area contributed by atoms with Crippen LogP contribution in [-0.4, -0.2) is 14.9 Å². The van der Waals surface area contributed by atoms with E-state index in [4.69, 9.17) is 0 Å². The molecule has 0 unspecified atom stereocenters. The van der Waals surface area contributed by atoms with Crippen molar-refractivity contribution in [3.05, 3.63) is 95.1 Å². The summed E-state index contributed by atoms with van der Waals surface area (Å²) in [6.45, 7) is 10.5. The molecule has 0 amide bonds. The Hall–Kier alpha value is -3.33. The number of ketones is 1. The summed E-state index contributed by atoms with van der Waals surface area (Å²) >= 11 is 0. The molecule has 2 aliphatic heterocycles. The number of aryl methyl sites for hydroxylation is 1. The average molecular weight is 465 g/mol. The molecule has 0 spiro atoms. The molecule has 2 aliphatic rings. The normalized spacial score (nSPS) is 14.0. The van der Waals surface area contributed by atoms with Crippen molar-refractivity contribution in [3.63, 3.8) is 0 Å². The van der Waals surface area contributed by atoms with E-state index >= 15 is 0 Å². The number of hydrogen-bond donors (Lipinski definition) is 0. The van der Waals surface area contributed by atoms with Gasteiger partial charge in [-0.3, -0.25) is 4.79 Å². The molecule has 6 rings (SSSR count). The molecule has 2 aromatic heterocycles. The van der Waals surface area contributed by atoms with Gasteiger partial charge in [0.05, 0.1) is 0 Å². The lowest BCUT2D eigenvalue weighted by molar-refractivity contribution is 0.0939. The quantitative estimate of drug-likeness (QED) is 0.285. The number of nitrogens with zero attached hydrogens (tertiary/aromatic N) is 2. The van der Waals surface area contributed by atoms with Crippen molar-refractivity contribution >= 4 is 5.78 Å². The Morgan fingerprint density at radius 1 is 0.771 bits per heavy atom. The third-order valence-corrected chi connectivity index (χ3v) is 7.56. The molecule has 3 heteroatoms. The molecule has 35 heavy (non-hydrogen) atoms. The van der Waals surface area contributed by atoms with Crippen molar-refractivity contribution in [2.24, 2.45) is 5.92 Å². The smallest absolute Gasteiger partial charge is 0.167 e. The first-order valence-electron chi connectivity index (χ1n) is 13.0. The van der Waals surface area contributed by atoms with Gasteiger partial charge in [-0.25, -0.2) is 0 Å². The molecule has 0 atom stereocenters. The molecule has 0 saturated carbocycles. The van der Waals surface area contributed by atoms with Gasteiger partial charge in [-0.1, -0.05) is 74.5 Å². The molecule has 0 radical (unpaired) electrons. The fourth-order valence-corrected chi connectivity index (χ4v) is 5.85. The maximum atomic E-state index is 12.7. The van der Waals surface area contributed by atoms with Crippen LogP contribution < -0.4 is 0 Å². The first-order chi connectivity index (χ1) is 17.0. The number of fused-ring (bicyclic) bond motifs is 2. The standard InChI is InChI=1S/C18H21NO.C14H15N/c1-12(2)18(20)16-13(3)19-11-7-10-15(19)17(16)14-8-5-4-6-9-14;1-11-10-13(12-6-3-2-4-7-12)14-8-5-9-15(11)14/h4-6,8-9,12H,7,10-11H2,1-3H3;2-4,6-7,10H,5,8-9H2,1H3. The van der Waals surface area contributed by atoms with Gasteiger partial charge in [0, 0.05) is 58.5 Å². The van der Waals surface area contributed by atoms with Crippen LogP contribution in [0.15, 0.2) is 66.7 Å². The number of rotatable bonds is 4. The Morgan fingerprint density at radius 2 is 1.34 bits per heavy atom. The lowest BCUT2D eigenvalue weighted by Gasteiger charge is -2.09. The zero-order valence-corrected chi connectivity index (χ0v) is 21.5. The Balaban J connectivity index is 0.000000151. The Labute approximate surface area is 209 Å². The Kier molecular flexibility index (Phi) is 6.51. The predicted molar refractivity (Wildman–Crippen MR) is 145 cm³/mol. The van der Waals surface area contributed by atoms with Crippen LogP contribution in [0.3, 0.4) is 0 Å². The summed E-state index contributed by atoms with van der Waals surface area (Å²) in [5.74, 6) is 0.308. The van der Waals surface area contributed by atoms with Crippen LogP contribution in [0.25, 0.3) is 22.3 Å². The molecular weight excluding hydrogens is 428 g/mol. The van der Waals surface area contributed by atoms with E-state index in [-0.39, 0.29) is 11.7 Å². The van der Waals surface area contributed by atoms with Crippen LogP contribution >= 0.6 is 0 Å². The van der Waals surface area contributed by atoms with E-state index in [1.54, 1.807) is 0 Å². The molecule has 0 saturated heterocycles. The number of Topliss-reactive ketones (excluding diaryl/α,β-unsaturated/α-hetero) is 1. The van der Waals surface area contributed by atoms with Crippen LogP contribution in [0.5, 0.6) is 0 Å². The summed E-state index contributed by atoms with van der Waals surface area (Å²) < 4.78 is 4.81. The molecule has 0 fully saturated rings. The van der Waals surface area contributed by atoms with Crippen molar-refractivity contribution in [1.82, 2.24) is 9.13 Å². The molecule has 2 aromatic carbocycles. The number of benzene rings is 2. The number of carbonyl (C=O) groups excluding carboxylic acids is 1. The van der Waals surface area contributed by atoms with E-state index in [0.29, 0.717) is 0 Å². The predicted octanol–water partition coefficient (Wildman–Crippen LogP) is 7.66. The second-order valence-electron chi connectivity index (χ2n) is 10.2. The van der Waals surface area contributed by atoms with Gasteiger partial charge in [-0.2, -0.15) is 0 Å². The summed E-state index contributed by atoms with van der Waals surface area (Å²) in [6, 6.07) is 23.4. The van der Waals surface area contributed by atoms with Gasteiger partial charge in [0.15, 0.2) is 5.78 Å². The Bertz CT molecular complexity index is 1340. The topological polar surface area (TPSA) is 26.9 Å². The highest BCUT2D eigenvalue weighted by molar-refractivity contribution is 6.05. The summed E-state index contributed by atoms with van der Waals surface area (Å²) in [6.07, 6.45) is 4.80. The van der Waals surface area contributed by atoms with Crippen LogP contribution in [0.4, 0.5) is 0 Å². The summed E-state index contributed by atoms with van der Waals surface area (Å²) in [7, 11) is 0. The van der Waals surface area contributed by atoms with E-state index in [0.717, 1.165) is 24.2 Å². The third kappa shape index (κ3) is 4.29. The summed E-state index contributed by atoms with van der Waals surface area (Å²) in [5, 5.41) is 0. The second kappa shape index (κ2) is 9.73. The van der Waals surface area contributed by atoms with Gasteiger partial charge in [0.2, 0.25) is 0 Å². The van der Waals surface area contributed by atoms with Crippen LogP contribution in [0, 0.1) is 19.8 Å². The molecule has 4 heterocycles. The highest BCUT2D eigenvalue weighted by atomic mass is 16.1. The molecule has 0 N–H and O–H groups in total. The van der Waals surface area contributed by atoms with Crippen molar-refractivity contribution in [2.45, 2.75) is 66.5 Å².